The number of rotatable bonds is 6. The minimum Gasteiger partial charge on any atom is -0.488 e. The van der Waals surface area contributed by atoms with Crippen molar-refractivity contribution in [3.8, 4) is 5.75 Å². The summed E-state index contributed by atoms with van der Waals surface area (Å²) in [4.78, 5) is 0. The van der Waals surface area contributed by atoms with Gasteiger partial charge in [-0.25, -0.2) is 0 Å². The quantitative estimate of drug-likeness (QED) is 0.815. The molecule has 0 radical (unpaired) electrons. The number of nitrogens with one attached hydrogen (secondary N) is 1. The standard InChI is InChI=1S/C15H23NO/c1-3-12(4-2)10-16-11-14-9-13-7-5-6-8-15(13)17-14/h5-8,12,14,16H,3-4,9-11H2,1-2H3. The highest BCUT2D eigenvalue weighted by Crippen LogP contribution is 2.27. The third-order valence-electron chi connectivity index (χ3n) is 3.67. The molecule has 1 heterocycles. The summed E-state index contributed by atoms with van der Waals surface area (Å²) in [5.74, 6) is 1.88. The molecule has 1 aliphatic rings. The summed E-state index contributed by atoms with van der Waals surface area (Å²) >= 11 is 0. The van der Waals surface area contributed by atoms with E-state index in [0.29, 0.717) is 6.10 Å². The van der Waals surface area contributed by atoms with Gasteiger partial charge in [-0.3, -0.25) is 0 Å². The fourth-order valence-electron chi connectivity index (χ4n) is 2.39. The molecule has 94 valence electrons. The summed E-state index contributed by atoms with van der Waals surface area (Å²) in [5.41, 5.74) is 1.35. The summed E-state index contributed by atoms with van der Waals surface area (Å²) < 4.78 is 5.89. The van der Waals surface area contributed by atoms with Crippen molar-refractivity contribution in [2.24, 2.45) is 5.92 Å². The van der Waals surface area contributed by atoms with Crippen LogP contribution in [0.3, 0.4) is 0 Å². The molecule has 0 saturated carbocycles. The second-order valence-electron chi connectivity index (χ2n) is 4.89. The monoisotopic (exact) mass is 233 g/mol. The van der Waals surface area contributed by atoms with Crippen LogP contribution in [0.4, 0.5) is 0 Å². The Bertz CT molecular complexity index is 322. The first-order chi connectivity index (χ1) is 8.33. The van der Waals surface area contributed by atoms with Gasteiger partial charge in [-0.1, -0.05) is 44.9 Å². The van der Waals surface area contributed by atoms with Gasteiger partial charge < -0.3 is 10.1 Å². The van der Waals surface area contributed by atoms with Crippen LogP contribution < -0.4 is 10.1 Å². The van der Waals surface area contributed by atoms with E-state index in [1.54, 1.807) is 0 Å². The van der Waals surface area contributed by atoms with Crippen molar-refractivity contribution >= 4 is 0 Å². The summed E-state index contributed by atoms with van der Waals surface area (Å²) in [6.07, 6.45) is 3.89. The van der Waals surface area contributed by atoms with Crippen LogP contribution in [-0.4, -0.2) is 19.2 Å². The number of hydrogen-bond acceptors (Lipinski definition) is 2. The molecule has 2 heteroatoms. The van der Waals surface area contributed by atoms with Gasteiger partial charge in [0.15, 0.2) is 0 Å². The normalized spacial score (nSPS) is 18.2. The Morgan fingerprint density at radius 1 is 1.29 bits per heavy atom. The zero-order valence-electron chi connectivity index (χ0n) is 10.9. The zero-order valence-corrected chi connectivity index (χ0v) is 10.9. The molecule has 2 rings (SSSR count). The van der Waals surface area contributed by atoms with Crippen molar-refractivity contribution in [3.63, 3.8) is 0 Å². The maximum absolute atomic E-state index is 5.89. The van der Waals surface area contributed by atoms with Gasteiger partial charge in [-0.2, -0.15) is 0 Å². The topological polar surface area (TPSA) is 21.3 Å². The molecule has 0 saturated heterocycles. The molecule has 0 aliphatic carbocycles. The molecule has 1 aliphatic heterocycles. The van der Waals surface area contributed by atoms with Crippen molar-refractivity contribution in [2.75, 3.05) is 13.1 Å². The van der Waals surface area contributed by atoms with Crippen LogP contribution in [0, 0.1) is 5.92 Å². The molecule has 1 atom stereocenters. The fourth-order valence-corrected chi connectivity index (χ4v) is 2.39. The van der Waals surface area contributed by atoms with Gasteiger partial charge in [0.05, 0.1) is 0 Å². The smallest absolute Gasteiger partial charge is 0.123 e. The molecule has 1 N–H and O–H groups in total. The van der Waals surface area contributed by atoms with Gasteiger partial charge in [-0.15, -0.1) is 0 Å². The summed E-state index contributed by atoms with van der Waals surface area (Å²) in [6.45, 7) is 6.60. The molecule has 0 amide bonds. The average molecular weight is 233 g/mol. The number of hydrogen-bond donors (Lipinski definition) is 1. The molecule has 0 aromatic heterocycles. The number of para-hydroxylation sites is 1. The van der Waals surface area contributed by atoms with Crippen LogP contribution >= 0.6 is 0 Å². The third-order valence-corrected chi connectivity index (χ3v) is 3.67. The Hall–Kier alpha value is -1.02. The fraction of sp³-hybridized carbons (Fsp3) is 0.600. The number of fused-ring (bicyclic) bond motifs is 1. The van der Waals surface area contributed by atoms with Crippen LogP contribution in [0.1, 0.15) is 32.3 Å². The van der Waals surface area contributed by atoms with Crippen LogP contribution in [0.2, 0.25) is 0 Å². The lowest BCUT2D eigenvalue weighted by molar-refractivity contribution is 0.224. The Morgan fingerprint density at radius 2 is 2.06 bits per heavy atom. The van der Waals surface area contributed by atoms with Crippen LogP contribution in [-0.2, 0) is 6.42 Å². The molecule has 1 aromatic rings. The van der Waals surface area contributed by atoms with Gasteiger partial charge in [0, 0.05) is 13.0 Å². The van der Waals surface area contributed by atoms with E-state index >= 15 is 0 Å². The van der Waals surface area contributed by atoms with Gasteiger partial charge in [0.1, 0.15) is 11.9 Å². The van der Waals surface area contributed by atoms with E-state index in [2.05, 4.69) is 37.4 Å². The van der Waals surface area contributed by atoms with Crippen LogP contribution in [0.5, 0.6) is 5.75 Å². The lowest BCUT2D eigenvalue weighted by Gasteiger charge is -2.16. The molecular formula is C15H23NO. The third kappa shape index (κ3) is 3.22. The van der Waals surface area contributed by atoms with Gasteiger partial charge in [-0.05, 0) is 24.1 Å². The van der Waals surface area contributed by atoms with E-state index in [4.69, 9.17) is 4.74 Å². The van der Waals surface area contributed by atoms with Crippen molar-refractivity contribution in [2.45, 2.75) is 39.2 Å². The van der Waals surface area contributed by atoms with Crippen LogP contribution in [0.15, 0.2) is 24.3 Å². The molecule has 0 spiro atoms. The highest BCUT2D eigenvalue weighted by Gasteiger charge is 2.21. The molecular weight excluding hydrogens is 210 g/mol. The maximum atomic E-state index is 5.89. The van der Waals surface area contributed by atoms with Gasteiger partial charge in [0.2, 0.25) is 0 Å². The molecule has 17 heavy (non-hydrogen) atoms. The van der Waals surface area contributed by atoms with Crippen molar-refractivity contribution in [1.29, 1.82) is 0 Å². The van der Waals surface area contributed by atoms with E-state index in [9.17, 15) is 0 Å². The molecule has 1 aromatic carbocycles. The highest BCUT2D eigenvalue weighted by atomic mass is 16.5. The first-order valence-corrected chi connectivity index (χ1v) is 6.78. The average Bonchev–Trinajstić information content (AvgIpc) is 2.77. The SMILES string of the molecule is CCC(CC)CNCC1Cc2ccccc2O1. The lowest BCUT2D eigenvalue weighted by atomic mass is 10.0. The Kier molecular flexibility index (Phi) is 4.43. The first-order valence-electron chi connectivity index (χ1n) is 6.78. The predicted molar refractivity (Wildman–Crippen MR) is 71.5 cm³/mol. The van der Waals surface area contributed by atoms with Gasteiger partial charge >= 0.3 is 0 Å². The van der Waals surface area contributed by atoms with E-state index < -0.39 is 0 Å². The van der Waals surface area contributed by atoms with E-state index in [1.807, 2.05) is 6.07 Å². The predicted octanol–water partition coefficient (Wildman–Crippen LogP) is 3.02. The Balaban J connectivity index is 1.73. The molecule has 0 bridgehead atoms. The zero-order chi connectivity index (χ0) is 12.1. The largest absolute Gasteiger partial charge is 0.488 e. The van der Waals surface area contributed by atoms with E-state index in [0.717, 1.165) is 31.2 Å². The van der Waals surface area contributed by atoms with Crippen LogP contribution in [0.25, 0.3) is 0 Å². The second-order valence-corrected chi connectivity index (χ2v) is 4.89. The van der Waals surface area contributed by atoms with E-state index in [-0.39, 0.29) is 0 Å². The first kappa shape index (κ1) is 12.4. The molecule has 2 nitrogen and oxygen atoms in total. The highest BCUT2D eigenvalue weighted by molar-refractivity contribution is 5.37. The lowest BCUT2D eigenvalue weighted by Crippen LogP contribution is -2.33. The molecule has 0 fully saturated rings. The number of benzene rings is 1. The second kappa shape index (κ2) is 6.06. The summed E-state index contributed by atoms with van der Waals surface area (Å²) in [6, 6.07) is 8.35. The van der Waals surface area contributed by atoms with Crippen molar-refractivity contribution in [3.05, 3.63) is 29.8 Å². The minimum absolute atomic E-state index is 0.321. The van der Waals surface area contributed by atoms with Gasteiger partial charge in [0.25, 0.3) is 0 Å². The Labute approximate surface area is 104 Å². The van der Waals surface area contributed by atoms with Crippen molar-refractivity contribution in [1.82, 2.24) is 5.32 Å². The Morgan fingerprint density at radius 3 is 2.76 bits per heavy atom. The minimum atomic E-state index is 0.321. The summed E-state index contributed by atoms with van der Waals surface area (Å²) in [7, 11) is 0. The summed E-state index contributed by atoms with van der Waals surface area (Å²) in [5, 5.41) is 3.54. The number of ether oxygens (including phenoxy) is 1. The maximum Gasteiger partial charge on any atom is 0.123 e. The van der Waals surface area contributed by atoms with E-state index in [1.165, 1.54) is 18.4 Å². The van der Waals surface area contributed by atoms with Crippen molar-refractivity contribution < 1.29 is 4.74 Å². The molecule has 1 unspecified atom stereocenters.